The van der Waals surface area contributed by atoms with Gasteiger partial charge in [-0.05, 0) is 51.0 Å². The molecule has 1 aliphatic heterocycles. The smallest absolute Gasteiger partial charge is 0.227 e. The fourth-order valence-electron chi connectivity index (χ4n) is 4.32. The molecule has 0 aliphatic carbocycles. The highest BCUT2D eigenvalue weighted by molar-refractivity contribution is 5.43. The van der Waals surface area contributed by atoms with Crippen LogP contribution in [0.4, 0.5) is 4.39 Å². The van der Waals surface area contributed by atoms with Crippen LogP contribution in [0.1, 0.15) is 31.0 Å². The topological polar surface area (TPSA) is 69.0 Å². The van der Waals surface area contributed by atoms with Gasteiger partial charge in [-0.25, -0.2) is 9.07 Å². The monoisotopic (exact) mass is 483 g/mol. The highest BCUT2D eigenvalue weighted by atomic mass is 19.1. The van der Waals surface area contributed by atoms with Crippen molar-refractivity contribution in [2.45, 2.75) is 45.4 Å². The van der Waals surface area contributed by atoms with E-state index in [1.807, 2.05) is 44.2 Å². The second-order valence-electron chi connectivity index (χ2n) is 8.82. The standard InChI is InChI=1S/C27H34FN3O4/c1-3-33-19-23(32)16-30(17-25-13-8-14-34-25)18-26-20(2)29-31(22-10-5-4-6-11-22)27(26)35-24-12-7-9-21(28)15-24/h4-7,9-12,15,23,25,32H,3,8,13-14,16-19H2,1-2H3/t23-,25+/m0/s1. The summed E-state index contributed by atoms with van der Waals surface area (Å²) in [4.78, 5) is 2.16. The summed E-state index contributed by atoms with van der Waals surface area (Å²) in [6.45, 7) is 7.03. The predicted molar refractivity (Wildman–Crippen MR) is 132 cm³/mol. The molecule has 7 nitrogen and oxygen atoms in total. The van der Waals surface area contributed by atoms with Crippen molar-refractivity contribution in [3.05, 3.63) is 71.7 Å². The lowest BCUT2D eigenvalue weighted by molar-refractivity contribution is 0.00498. The van der Waals surface area contributed by atoms with Crippen LogP contribution in [0.2, 0.25) is 0 Å². The van der Waals surface area contributed by atoms with Gasteiger partial charge in [0.15, 0.2) is 0 Å². The van der Waals surface area contributed by atoms with Crippen molar-refractivity contribution >= 4 is 0 Å². The first-order chi connectivity index (χ1) is 17.0. The summed E-state index contributed by atoms with van der Waals surface area (Å²) in [7, 11) is 0. The quantitative estimate of drug-likeness (QED) is 0.409. The summed E-state index contributed by atoms with van der Waals surface area (Å²) in [5, 5.41) is 15.4. The molecule has 0 spiro atoms. The van der Waals surface area contributed by atoms with Crippen molar-refractivity contribution in [3.8, 4) is 17.3 Å². The summed E-state index contributed by atoms with van der Waals surface area (Å²) < 4.78 is 33.2. The first kappa shape index (κ1) is 25.3. The van der Waals surface area contributed by atoms with Crippen LogP contribution in [0.3, 0.4) is 0 Å². The molecule has 2 heterocycles. The van der Waals surface area contributed by atoms with Crippen LogP contribution in [-0.2, 0) is 16.0 Å². The summed E-state index contributed by atoms with van der Waals surface area (Å²) in [6.07, 6.45) is 1.52. The van der Waals surface area contributed by atoms with Gasteiger partial charge in [0, 0.05) is 38.9 Å². The van der Waals surface area contributed by atoms with Crippen molar-refractivity contribution in [2.75, 3.05) is 32.9 Å². The number of aryl methyl sites for hydroxylation is 1. The molecular weight excluding hydrogens is 449 g/mol. The van der Waals surface area contributed by atoms with Gasteiger partial charge >= 0.3 is 0 Å². The minimum absolute atomic E-state index is 0.117. The largest absolute Gasteiger partial charge is 0.438 e. The average Bonchev–Trinajstić information content (AvgIpc) is 3.47. The summed E-state index contributed by atoms with van der Waals surface area (Å²) in [6, 6.07) is 15.8. The molecule has 0 amide bonds. The van der Waals surface area contributed by atoms with Gasteiger partial charge in [-0.15, -0.1) is 0 Å². The number of hydrogen-bond donors (Lipinski definition) is 1. The lowest BCUT2D eigenvalue weighted by atomic mass is 10.1. The molecule has 1 aromatic heterocycles. The number of aromatic nitrogens is 2. The van der Waals surface area contributed by atoms with E-state index in [2.05, 4.69) is 4.90 Å². The maximum absolute atomic E-state index is 13.9. The predicted octanol–water partition coefficient (Wildman–Crippen LogP) is 4.49. The molecule has 35 heavy (non-hydrogen) atoms. The molecule has 188 valence electrons. The lowest BCUT2D eigenvalue weighted by Crippen LogP contribution is -2.39. The second kappa shape index (κ2) is 12.3. The highest BCUT2D eigenvalue weighted by Gasteiger charge is 2.26. The van der Waals surface area contributed by atoms with Crippen LogP contribution in [0.15, 0.2) is 54.6 Å². The molecule has 0 bridgehead atoms. The molecule has 1 fully saturated rings. The Morgan fingerprint density at radius 1 is 1.23 bits per heavy atom. The normalized spacial score (nSPS) is 16.7. The third-order valence-corrected chi connectivity index (χ3v) is 6.00. The Morgan fingerprint density at radius 2 is 2.06 bits per heavy atom. The van der Waals surface area contributed by atoms with E-state index in [0.717, 1.165) is 36.4 Å². The zero-order valence-corrected chi connectivity index (χ0v) is 20.4. The molecule has 1 aliphatic rings. The summed E-state index contributed by atoms with van der Waals surface area (Å²) in [5.74, 6) is 0.548. The minimum Gasteiger partial charge on any atom is -0.438 e. The molecular formula is C27H34FN3O4. The van der Waals surface area contributed by atoms with E-state index in [9.17, 15) is 9.50 Å². The zero-order chi connectivity index (χ0) is 24.6. The number of ether oxygens (including phenoxy) is 3. The van der Waals surface area contributed by atoms with Gasteiger partial charge < -0.3 is 19.3 Å². The SMILES string of the molecule is CCOC[C@@H](O)CN(Cc1c(C)nn(-c2ccccc2)c1Oc1cccc(F)c1)C[C@H]1CCCO1. The number of rotatable bonds is 12. The van der Waals surface area contributed by atoms with Crippen molar-refractivity contribution in [3.63, 3.8) is 0 Å². The van der Waals surface area contributed by atoms with Gasteiger partial charge in [0.05, 0.1) is 35.8 Å². The maximum atomic E-state index is 13.9. The highest BCUT2D eigenvalue weighted by Crippen LogP contribution is 2.32. The molecule has 2 aromatic carbocycles. The molecule has 0 saturated carbocycles. The minimum atomic E-state index is -0.631. The third kappa shape index (κ3) is 6.89. The summed E-state index contributed by atoms with van der Waals surface area (Å²) in [5.41, 5.74) is 2.52. The third-order valence-electron chi connectivity index (χ3n) is 6.00. The van der Waals surface area contributed by atoms with Gasteiger partial charge in [0.2, 0.25) is 5.88 Å². The van der Waals surface area contributed by atoms with E-state index >= 15 is 0 Å². The molecule has 0 radical (unpaired) electrons. The first-order valence-corrected chi connectivity index (χ1v) is 12.2. The van der Waals surface area contributed by atoms with E-state index in [1.54, 1.807) is 16.8 Å². The number of para-hydroxylation sites is 1. The Balaban J connectivity index is 1.66. The fraction of sp³-hybridized carbons (Fsp3) is 0.444. The molecule has 4 rings (SSSR count). The Morgan fingerprint density at radius 3 is 2.77 bits per heavy atom. The molecule has 1 N–H and O–H groups in total. The van der Waals surface area contributed by atoms with Crippen LogP contribution in [0.5, 0.6) is 11.6 Å². The van der Waals surface area contributed by atoms with Crippen molar-refractivity contribution in [2.24, 2.45) is 0 Å². The fourth-order valence-corrected chi connectivity index (χ4v) is 4.32. The van der Waals surface area contributed by atoms with Gasteiger partial charge in [-0.3, -0.25) is 4.90 Å². The lowest BCUT2D eigenvalue weighted by Gasteiger charge is -2.27. The molecule has 8 heteroatoms. The molecule has 1 saturated heterocycles. The van der Waals surface area contributed by atoms with Gasteiger partial charge in [0.1, 0.15) is 11.6 Å². The van der Waals surface area contributed by atoms with Crippen LogP contribution in [-0.4, -0.2) is 64.9 Å². The van der Waals surface area contributed by atoms with Crippen molar-refractivity contribution in [1.82, 2.24) is 14.7 Å². The first-order valence-electron chi connectivity index (χ1n) is 12.2. The molecule has 2 atom stereocenters. The average molecular weight is 484 g/mol. The zero-order valence-electron chi connectivity index (χ0n) is 20.4. The van der Waals surface area contributed by atoms with Crippen LogP contribution >= 0.6 is 0 Å². The van der Waals surface area contributed by atoms with E-state index in [4.69, 9.17) is 19.3 Å². The molecule has 3 aromatic rings. The van der Waals surface area contributed by atoms with Crippen LogP contribution < -0.4 is 4.74 Å². The Labute approximate surface area is 206 Å². The van der Waals surface area contributed by atoms with Crippen LogP contribution in [0.25, 0.3) is 5.69 Å². The van der Waals surface area contributed by atoms with Crippen molar-refractivity contribution < 1.29 is 23.7 Å². The van der Waals surface area contributed by atoms with Crippen molar-refractivity contribution in [1.29, 1.82) is 0 Å². The van der Waals surface area contributed by atoms with Gasteiger partial charge in [-0.1, -0.05) is 24.3 Å². The number of benzene rings is 2. The van der Waals surface area contributed by atoms with E-state index in [0.29, 0.717) is 37.9 Å². The number of aliphatic hydroxyl groups excluding tert-OH is 1. The Kier molecular flexibility index (Phi) is 8.87. The molecule has 0 unspecified atom stereocenters. The van der Waals surface area contributed by atoms with Crippen LogP contribution in [0, 0.1) is 12.7 Å². The number of hydrogen-bond acceptors (Lipinski definition) is 6. The Hall–Kier alpha value is -2.78. The maximum Gasteiger partial charge on any atom is 0.227 e. The van der Waals surface area contributed by atoms with E-state index in [1.165, 1.54) is 12.1 Å². The van der Waals surface area contributed by atoms with E-state index < -0.39 is 6.10 Å². The number of aliphatic hydroxyl groups is 1. The van der Waals surface area contributed by atoms with Gasteiger partial charge in [0.25, 0.3) is 0 Å². The Bertz CT molecular complexity index is 1070. The number of nitrogens with zero attached hydrogens (tertiary/aromatic N) is 3. The van der Waals surface area contributed by atoms with Gasteiger partial charge in [-0.2, -0.15) is 5.10 Å². The summed E-state index contributed by atoms with van der Waals surface area (Å²) >= 11 is 0. The number of halogens is 1. The second-order valence-corrected chi connectivity index (χ2v) is 8.82. The van der Waals surface area contributed by atoms with E-state index in [-0.39, 0.29) is 18.5 Å².